The van der Waals surface area contributed by atoms with E-state index in [0.29, 0.717) is 24.1 Å². The zero-order valence-electron chi connectivity index (χ0n) is 25.7. The number of nitrogens with zero attached hydrogens (tertiary/aromatic N) is 2. The van der Waals surface area contributed by atoms with Gasteiger partial charge in [0.1, 0.15) is 11.7 Å². The first kappa shape index (κ1) is 32.9. The van der Waals surface area contributed by atoms with Gasteiger partial charge in [-0.2, -0.15) is 13.2 Å². The Hall–Kier alpha value is -3.01. The standard InChI is InChI=1S/C33H44F4N4O2/c1-20(2)32(4,34)26-15-23(16-27(17-26)33(35,36)37)24-14-25(19-39-18-24)28-12-9-13-41(28)31(43)29(22-10-7-6-8-11-22)40-30(42)21(3)38-5/h14-22,28-29,38H,6-13H2,1-5H3,(H,40,42). The fourth-order valence-corrected chi connectivity index (χ4v) is 6.19. The number of pyridine rings is 1. The molecule has 1 saturated heterocycles. The molecule has 4 rings (SSSR count). The Labute approximate surface area is 252 Å². The van der Waals surface area contributed by atoms with Gasteiger partial charge in [0.05, 0.1) is 17.6 Å². The average Bonchev–Trinajstić information content (AvgIpc) is 3.49. The number of hydrogen-bond acceptors (Lipinski definition) is 4. The van der Waals surface area contributed by atoms with E-state index in [4.69, 9.17) is 0 Å². The first-order valence-electron chi connectivity index (χ1n) is 15.4. The molecule has 2 aliphatic rings. The van der Waals surface area contributed by atoms with Gasteiger partial charge in [-0.15, -0.1) is 0 Å². The van der Waals surface area contributed by atoms with Crippen molar-refractivity contribution in [2.24, 2.45) is 11.8 Å². The van der Waals surface area contributed by atoms with Crippen LogP contribution in [0.3, 0.4) is 0 Å². The summed E-state index contributed by atoms with van der Waals surface area (Å²) in [5.74, 6) is -0.866. The van der Waals surface area contributed by atoms with Crippen LogP contribution in [0.4, 0.5) is 17.6 Å². The summed E-state index contributed by atoms with van der Waals surface area (Å²) in [5.41, 5.74) is -1.60. The van der Waals surface area contributed by atoms with Crippen molar-refractivity contribution >= 4 is 11.8 Å². The van der Waals surface area contributed by atoms with Gasteiger partial charge >= 0.3 is 6.18 Å². The maximum Gasteiger partial charge on any atom is 0.416 e. The Morgan fingerprint density at radius 1 is 0.907 bits per heavy atom. The fraction of sp³-hybridized carbons (Fsp3) is 0.606. The molecular formula is C33H44F4N4O2. The first-order valence-corrected chi connectivity index (χ1v) is 15.4. The first-order chi connectivity index (χ1) is 20.2. The summed E-state index contributed by atoms with van der Waals surface area (Å²) in [7, 11) is 1.70. The minimum Gasteiger partial charge on any atom is -0.343 e. The number of benzene rings is 1. The van der Waals surface area contributed by atoms with Gasteiger partial charge in [-0.1, -0.05) is 33.1 Å². The lowest BCUT2D eigenvalue weighted by Gasteiger charge is -2.35. The third-order valence-corrected chi connectivity index (χ3v) is 9.43. The van der Waals surface area contributed by atoms with E-state index in [1.54, 1.807) is 45.0 Å². The molecule has 2 amide bonds. The molecule has 0 spiro atoms. The molecule has 2 heterocycles. The predicted octanol–water partition coefficient (Wildman–Crippen LogP) is 6.94. The topological polar surface area (TPSA) is 74.3 Å². The van der Waals surface area contributed by atoms with E-state index in [2.05, 4.69) is 15.6 Å². The van der Waals surface area contributed by atoms with Gasteiger partial charge in [-0.3, -0.25) is 14.6 Å². The van der Waals surface area contributed by atoms with Crippen LogP contribution < -0.4 is 10.6 Å². The minimum absolute atomic E-state index is 0.0412. The highest BCUT2D eigenvalue weighted by molar-refractivity contribution is 5.90. The summed E-state index contributed by atoms with van der Waals surface area (Å²) >= 11 is 0. The molecule has 0 radical (unpaired) electrons. The number of likely N-dealkylation sites (N-methyl/N-ethyl adjacent to an activating group) is 1. The number of likely N-dealkylation sites (tertiary alicyclic amines) is 1. The molecule has 43 heavy (non-hydrogen) atoms. The summed E-state index contributed by atoms with van der Waals surface area (Å²) in [6.07, 6.45) is 4.73. The molecule has 4 unspecified atom stereocenters. The largest absolute Gasteiger partial charge is 0.416 e. The Morgan fingerprint density at radius 3 is 2.21 bits per heavy atom. The second-order valence-electron chi connectivity index (χ2n) is 12.6. The number of hydrogen-bond donors (Lipinski definition) is 2. The second kappa shape index (κ2) is 13.3. The van der Waals surface area contributed by atoms with Crippen molar-refractivity contribution in [2.75, 3.05) is 13.6 Å². The van der Waals surface area contributed by atoms with Crippen LogP contribution in [0, 0.1) is 11.8 Å². The van der Waals surface area contributed by atoms with E-state index in [1.807, 2.05) is 0 Å². The molecule has 1 aromatic carbocycles. The van der Waals surface area contributed by atoms with Gasteiger partial charge in [-0.05, 0) is 99.4 Å². The molecule has 1 saturated carbocycles. The lowest BCUT2D eigenvalue weighted by atomic mass is 9.83. The zero-order chi connectivity index (χ0) is 31.5. The van der Waals surface area contributed by atoms with Gasteiger partial charge in [0, 0.05) is 24.5 Å². The van der Waals surface area contributed by atoms with Crippen LogP contribution in [0.2, 0.25) is 0 Å². The molecule has 0 bridgehead atoms. The smallest absolute Gasteiger partial charge is 0.343 e. The van der Waals surface area contributed by atoms with Crippen molar-refractivity contribution < 1.29 is 27.2 Å². The molecule has 2 N–H and O–H groups in total. The number of rotatable bonds is 9. The van der Waals surface area contributed by atoms with Gasteiger partial charge in [0.25, 0.3) is 0 Å². The van der Waals surface area contributed by atoms with Crippen LogP contribution in [-0.2, 0) is 21.4 Å². The summed E-state index contributed by atoms with van der Waals surface area (Å²) in [6.45, 7) is 6.83. The highest BCUT2D eigenvalue weighted by atomic mass is 19.4. The SMILES string of the molecule is CNC(C)C(=O)NC(C(=O)N1CCCC1c1cncc(-c2cc(C(F)(F)F)cc(C(C)(F)C(C)C)c2)c1)C1CCCCC1. The molecular weight excluding hydrogens is 560 g/mol. The van der Waals surface area contributed by atoms with Crippen LogP contribution in [0.5, 0.6) is 0 Å². The predicted molar refractivity (Wildman–Crippen MR) is 159 cm³/mol. The van der Waals surface area contributed by atoms with Crippen molar-refractivity contribution in [3.05, 3.63) is 53.3 Å². The van der Waals surface area contributed by atoms with Gasteiger partial charge in [0.15, 0.2) is 0 Å². The van der Waals surface area contributed by atoms with E-state index in [1.165, 1.54) is 19.2 Å². The van der Waals surface area contributed by atoms with E-state index in [0.717, 1.165) is 50.7 Å². The highest BCUT2D eigenvalue weighted by Gasteiger charge is 2.40. The number of carbonyl (C=O) groups is 2. The zero-order valence-corrected chi connectivity index (χ0v) is 25.7. The summed E-state index contributed by atoms with van der Waals surface area (Å²) in [5, 5.41) is 5.95. The maximum absolute atomic E-state index is 15.6. The van der Waals surface area contributed by atoms with Crippen molar-refractivity contribution in [3.8, 4) is 11.1 Å². The average molecular weight is 605 g/mol. The summed E-state index contributed by atoms with van der Waals surface area (Å²) in [4.78, 5) is 33.1. The Balaban J connectivity index is 1.68. The number of alkyl halides is 4. The lowest BCUT2D eigenvalue weighted by molar-refractivity contribution is -0.139. The molecule has 1 aromatic heterocycles. The molecule has 6 nitrogen and oxygen atoms in total. The normalized spacial score (nSPS) is 21.0. The van der Waals surface area contributed by atoms with E-state index < -0.39 is 35.4 Å². The van der Waals surface area contributed by atoms with Gasteiger partial charge in [0.2, 0.25) is 11.8 Å². The second-order valence-corrected chi connectivity index (χ2v) is 12.6. The number of nitrogens with one attached hydrogen (secondary N) is 2. The summed E-state index contributed by atoms with van der Waals surface area (Å²) < 4.78 is 57.3. The van der Waals surface area contributed by atoms with Crippen molar-refractivity contribution in [1.29, 1.82) is 0 Å². The number of aromatic nitrogens is 1. The maximum atomic E-state index is 15.6. The quantitative estimate of drug-likeness (QED) is 0.304. The van der Waals surface area contributed by atoms with Crippen molar-refractivity contribution in [1.82, 2.24) is 20.5 Å². The van der Waals surface area contributed by atoms with E-state index in [-0.39, 0.29) is 34.9 Å². The third-order valence-electron chi connectivity index (χ3n) is 9.43. The summed E-state index contributed by atoms with van der Waals surface area (Å²) in [6, 6.07) is 3.69. The Kier molecular flexibility index (Phi) is 10.2. The van der Waals surface area contributed by atoms with Crippen LogP contribution in [0.25, 0.3) is 11.1 Å². The Morgan fingerprint density at radius 2 is 1.58 bits per heavy atom. The molecule has 236 valence electrons. The van der Waals surface area contributed by atoms with E-state index in [9.17, 15) is 22.8 Å². The Bertz CT molecular complexity index is 1290. The number of halogens is 4. The molecule has 4 atom stereocenters. The van der Waals surface area contributed by atoms with Crippen LogP contribution >= 0.6 is 0 Å². The molecule has 2 fully saturated rings. The van der Waals surface area contributed by atoms with Crippen LogP contribution in [0.15, 0.2) is 36.7 Å². The molecule has 1 aliphatic heterocycles. The minimum atomic E-state index is -4.65. The van der Waals surface area contributed by atoms with Crippen LogP contribution in [0.1, 0.15) is 95.4 Å². The fourth-order valence-electron chi connectivity index (χ4n) is 6.19. The van der Waals surface area contributed by atoms with Crippen molar-refractivity contribution in [3.63, 3.8) is 0 Å². The molecule has 2 aromatic rings. The monoisotopic (exact) mass is 604 g/mol. The molecule has 1 aliphatic carbocycles. The van der Waals surface area contributed by atoms with Gasteiger partial charge < -0.3 is 15.5 Å². The number of amides is 2. The number of carbonyl (C=O) groups excluding carboxylic acids is 2. The van der Waals surface area contributed by atoms with E-state index >= 15 is 4.39 Å². The third kappa shape index (κ3) is 7.39. The lowest BCUT2D eigenvalue weighted by Crippen LogP contribution is -2.55. The van der Waals surface area contributed by atoms with Gasteiger partial charge in [-0.25, -0.2) is 4.39 Å². The van der Waals surface area contributed by atoms with Crippen LogP contribution in [-0.4, -0.2) is 47.4 Å². The highest BCUT2D eigenvalue weighted by Crippen LogP contribution is 2.41. The van der Waals surface area contributed by atoms with Crippen molar-refractivity contribution in [2.45, 2.75) is 103 Å². The molecule has 10 heteroatoms.